The molecule has 0 spiro atoms. The zero-order valence-electron chi connectivity index (χ0n) is 4.78. The van der Waals surface area contributed by atoms with Crippen molar-refractivity contribution in [3.8, 4) is 0 Å². The monoisotopic (exact) mass is 90.1 g/mol. The Morgan fingerprint density at radius 3 is 1.50 bits per heavy atom. The zero-order valence-corrected chi connectivity index (χ0v) is 4.78. The van der Waals surface area contributed by atoms with Gasteiger partial charge >= 0.3 is 0 Å². The molecule has 0 atom stereocenters. The predicted octanol–water partition coefficient (Wildman–Crippen LogP) is 0.496. The van der Waals surface area contributed by atoms with Gasteiger partial charge in [-0.1, -0.05) is 20.3 Å². The maximum atomic E-state index is 4.60. The van der Waals surface area contributed by atoms with Gasteiger partial charge < -0.3 is 0 Å². The lowest BCUT2D eigenvalue weighted by Crippen LogP contribution is -2.13. The molecule has 0 radical (unpaired) electrons. The lowest BCUT2D eigenvalue weighted by atomic mass is 10.6. The van der Waals surface area contributed by atoms with Crippen molar-refractivity contribution >= 4 is 0 Å². The maximum Gasteiger partial charge on any atom is -0.00172 e. The first-order valence-corrected chi connectivity index (χ1v) is 2.20. The van der Waals surface area contributed by atoms with Crippen LogP contribution in [0.3, 0.4) is 0 Å². The molecule has 3 N–H and O–H groups in total. The highest BCUT2D eigenvalue weighted by atomic mass is 15.2. The molecular weight excluding hydrogens is 76.1 g/mol. The van der Waals surface area contributed by atoms with E-state index in [1.54, 1.807) is 7.05 Å². The van der Waals surface area contributed by atoms with Crippen LogP contribution in [0, 0.1) is 0 Å². The van der Waals surface area contributed by atoms with E-state index in [4.69, 9.17) is 0 Å². The van der Waals surface area contributed by atoms with Gasteiger partial charge in [0.2, 0.25) is 0 Å². The summed E-state index contributed by atoms with van der Waals surface area (Å²) in [5, 5.41) is 0. The van der Waals surface area contributed by atoms with Gasteiger partial charge in [0.05, 0.1) is 0 Å². The summed E-state index contributed by atoms with van der Waals surface area (Å²) in [5.41, 5.74) is 2.25. The second kappa shape index (κ2) is 20.5. The summed E-state index contributed by atoms with van der Waals surface area (Å²) in [6.45, 7) is 4.25. The summed E-state index contributed by atoms with van der Waals surface area (Å²) >= 11 is 0. The van der Waals surface area contributed by atoms with Gasteiger partial charge in [-0.25, -0.2) is 0 Å². The van der Waals surface area contributed by atoms with Gasteiger partial charge in [-0.15, -0.1) is 0 Å². The summed E-state index contributed by atoms with van der Waals surface area (Å²) in [5.74, 6) is 4.60. The summed E-state index contributed by atoms with van der Waals surface area (Å²) < 4.78 is 0. The van der Waals surface area contributed by atoms with Crippen LogP contribution in [0.1, 0.15) is 20.3 Å². The third-order valence-corrected chi connectivity index (χ3v) is 0. The summed E-state index contributed by atoms with van der Waals surface area (Å²) in [6.07, 6.45) is 1.25. The van der Waals surface area contributed by atoms with E-state index in [0.717, 1.165) is 0 Å². The molecule has 0 aliphatic rings. The summed E-state index contributed by atoms with van der Waals surface area (Å²) in [6, 6.07) is 0. The molecule has 0 aromatic heterocycles. The van der Waals surface area contributed by atoms with Crippen molar-refractivity contribution in [3.63, 3.8) is 0 Å². The number of nitrogens with two attached hydrogens (primary N) is 1. The number of rotatable bonds is 0. The molecule has 0 saturated carbocycles. The summed E-state index contributed by atoms with van der Waals surface area (Å²) in [4.78, 5) is 0. The first kappa shape index (κ1) is 9.33. The van der Waals surface area contributed by atoms with Gasteiger partial charge in [0, 0.05) is 0 Å². The lowest BCUT2D eigenvalue weighted by Gasteiger charge is -1.62. The van der Waals surface area contributed by atoms with Crippen LogP contribution >= 0.6 is 0 Å². The van der Waals surface area contributed by atoms with E-state index in [9.17, 15) is 0 Å². The Hall–Kier alpha value is -0.0800. The van der Waals surface area contributed by atoms with E-state index in [-0.39, 0.29) is 0 Å². The first-order valence-electron chi connectivity index (χ1n) is 2.20. The predicted molar refractivity (Wildman–Crippen MR) is 29.2 cm³/mol. The Labute approximate surface area is 39.7 Å². The maximum absolute atomic E-state index is 4.60. The normalized spacial score (nSPS) is 6.00. The van der Waals surface area contributed by atoms with Crippen molar-refractivity contribution in [3.05, 3.63) is 0 Å². The largest absolute Gasteiger partial charge is 0.272 e. The number of nitrogens with one attached hydrogen (secondary N) is 1. The van der Waals surface area contributed by atoms with Crippen molar-refractivity contribution in [2.24, 2.45) is 5.84 Å². The van der Waals surface area contributed by atoms with E-state index >= 15 is 0 Å². The molecule has 0 heterocycles. The number of hydrazine groups is 1. The molecule has 40 valence electrons. The van der Waals surface area contributed by atoms with Crippen LogP contribution in [-0.2, 0) is 0 Å². The molecule has 0 aliphatic carbocycles. The molecule has 2 heteroatoms. The van der Waals surface area contributed by atoms with E-state index in [1.807, 2.05) is 0 Å². The standard InChI is InChI=1S/C3H8.CH6N2/c2*1-3-2/h3H2,1-2H3;3H,2H2,1H3. The van der Waals surface area contributed by atoms with Crippen molar-refractivity contribution in [1.29, 1.82) is 0 Å². The van der Waals surface area contributed by atoms with Crippen LogP contribution < -0.4 is 11.3 Å². The van der Waals surface area contributed by atoms with Gasteiger partial charge in [0.1, 0.15) is 0 Å². The first-order chi connectivity index (χ1) is 2.83. The second-order valence-electron chi connectivity index (χ2n) is 0.996. The molecule has 0 aromatic rings. The van der Waals surface area contributed by atoms with Crippen LogP contribution in [-0.4, -0.2) is 7.05 Å². The van der Waals surface area contributed by atoms with Gasteiger partial charge in [-0.3, -0.25) is 11.3 Å². The number of hydrogen-bond donors (Lipinski definition) is 2. The molecule has 0 bridgehead atoms. The minimum atomic E-state index is 1.25. The van der Waals surface area contributed by atoms with Gasteiger partial charge in [-0.05, 0) is 7.05 Å². The zero-order chi connectivity index (χ0) is 5.41. The van der Waals surface area contributed by atoms with Crippen LogP contribution in [0.15, 0.2) is 0 Å². The van der Waals surface area contributed by atoms with Crippen LogP contribution in [0.2, 0.25) is 0 Å². The molecule has 0 rings (SSSR count). The SMILES string of the molecule is CCC.CNN. The highest BCUT2D eigenvalue weighted by Crippen LogP contribution is 1.56. The van der Waals surface area contributed by atoms with Crippen LogP contribution in [0.25, 0.3) is 0 Å². The van der Waals surface area contributed by atoms with E-state index in [2.05, 4.69) is 25.1 Å². The smallest absolute Gasteiger partial charge is 0.00172 e. The second-order valence-corrected chi connectivity index (χ2v) is 0.996. The molecule has 0 aromatic carbocycles. The molecule has 6 heavy (non-hydrogen) atoms. The van der Waals surface area contributed by atoms with Crippen molar-refractivity contribution in [2.75, 3.05) is 7.05 Å². The fourth-order valence-corrected chi connectivity index (χ4v) is 0. The Balaban J connectivity index is 0. The third-order valence-electron chi connectivity index (χ3n) is 0. The molecule has 2 nitrogen and oxygen atoms in total. The van der Waals surface area contributed by atoms with E-state index in [1.165, 1.54) is 6.42 Å². The van der Waals surface area contributed by atoms with Crippen molar-refractivity contribution in [1.82, 2.24) is 5.43 Å². The van der Waals surface area contributed by atoms with Gasteiger partial charge in [0.25, 0.3) is 0 Å². The average molecular weight is 90.2 g/mol. The molecule has 0 saturated heterocycles. The minimum absolute atomic E-state index is 1.25. The third kappa shape index (κ3) is 5220. The Morgan fingerprint density at radius 2 is 1.50 bits per heavy atom. The van der Waals surface area contributed by atoms with Crippen LogP contribution in [0.4, 0.5) is 0 Å². The molecule has 0 aliphatic heterocycles. The van der Waals surface area contributed by atoms with Gasteiger partial charge in [0.15, 0.2) is 0 Å². The van der Waals surface area contributed by atoms with E-state index in [0.29, 0.717) is 0 Å². The van der Waals surface area contributed by atoms with Crippen molar-refractivity contribution < 1.29 is 0 Å². The quantitative estimate of drug-likeness (QED) is 0.335. The topological polar surface area (TPSA) is 38.0 Å². The van der Waals surface area contributed by atoms with E-state index < -0.39 is 0 Å². The van der Waals surface area contributed by atoms with Crippen molar-refractivity contribution in [2.45, 2.75) is 20.3 Å². The Morgan fingerprint density at radius 1 is 1.50 bits per heavy atom. The van der Waals surface area contributed by atoms with Crippen LogP contribution in [0.5, 0.6) is 0 Å². The fourth-order valence-electron chi connectivity index (χ4n) is 0. The highest BCUT2D eigenvalue weighted by molar-refractivity contribution is 3.92. The molecule has 0 fully saturated rings. The summed E-state index contributed by atoms with van der Waals surface area (Å²) in [7, 11) is 1.65. The number of hydrogen-bond acceptors (Lipinski definition) is 2. The molecule has 0 amide bonds. The Bertz CT molecular complexity index is 7.51. The fraction of sp³-hybridized carbons (Fsp3) is 1.00. The van der Waals surface area contributed by atoms with Gasteiger partial charge in [-0.2, -0.15) is 0 Å². The minimum Gasteiger partial charge on any atom is -0.272 e. The Kier molecular flexibility index (Phi) is 31.9. The molecular formula is C4H14N2. The lowest BCUT2D eigenvalue weighted by molar-refractivity contribution is 0.900. The highest BCUT2D eigenvalue weighted by Gasteiger charge is 1.35. The molecule has 0 unspecified atom stereocenters. The average Bonchev–Trinajstić information content (AvgIpc) is 1.39.